The molecular formula is C10H18N4O. The normalized spacial score (nSPS) is 12.5. The quantitative estimate of drug-likeness (QED) is 0.733. The summed E-state index contributed by atoms with van der Waals surface area (Å²) >= 11 is 0. The van der Waals surface area contributed by atoms with Gasteiger partial charge in [0.05, 0.1) is 6.33 Å². The molecule has 1 aromatic heterocycles. The zero-order chi connectivity index (χ0) is 11.3. The molecule has 15 heavy (non-hydrogen) atoms. The number of nitrogens with two attached hydrogens (primary N) is 1. The number of nitrogens with one attached hydrogen (secondary N) is 1. The van der Waals surface area contributed by atoms with E-state index in [1.54, 1.807) is 17.1 Å². The van der Waals surface area contributed by atoms with Crippen LogP contribution in [0.3, 0.4) is 0 Å². The summed E-state index contributed by atoms with van der Waals surface area (Å²) < 4.78 is 1.75. The van der Waals surface area contributed by atoms with Crippen LogP contribution in [0, 0.1) is 0 Å². The minimum absolute atomic E-state index is 0.125. The van der Waals surface area contributed by atoms with E-state index in [-0.39, 0.29) is 11.9 Å². The molecule has 1 unspecified atom stereocenters. The molecule has 1 heterocycles. The lowest BCUT2D eigenvalue weighted by atomic mass is 10.2. The lowest BCUT2D eigenvalue weighted by Gasteiger charge is -2.11. The monoisotopic (exact) mass is 210 g/mol. The van der Waals surface area contributed by atoms with Gasteiger partial charge in [0.1, 0.15) is 5.69 Å². The van der Waals surface area contributed by atoms with Gasteiger partial charge < -0.3 is 15.6 Å². The summed E-state index contributed by atoms with van der Waals surface area (Å²) in [7, 11) is 1.83. The molecule has 1 atom stereocenters. The number of aromatic nitrogens is 2. The van der Waals surface area contributed by atoms with Gasteiger partial charge in [-0.15, -0.1) is 0 Å². The van der Waals surface area contributed by atoms with Crippen LogP contribution < -0.4 is 11.1 Å². The van der Waals surface area contributed by atoms with Crippen molar-refractivity contribution in [1.29, 1.82) is 0 Å². The fourth-order valence-corrected chi connectivity index (χ4v) is 1.32. The predicted molar refractivity (Wildman–Crippen MR) is 58.4 cm³/mol. The van der Waals surface area contributed by atoms with Gasteiger partial charge in [-0.25, -0.2) is 4.98 Å². The molecule has 0 fully saturated rings. The van der Waals surface area contributed by atoms with Crippen LogP contribution in [0.2, 0.25) is 0 Å². The zero-order valence-electron chi connectivity index (χ0n) is 9.23. The van der Waals surface area contributed by atoms with Gasteiger partial charge in [0.25, 0.3) is 5.91 Å². The number of aryl methyl sites for hydroxylation is 1. The summed E-state index contributed by atoms with van der Waals surface area (Å²) in [6.07, 6.45) is 5.13. The van der Waals surface area contributed by atoms with Crippen LogP contribution in [0.15, 0.2) is 12.5 Å². The molecular weight excluding hydrogens is 192 g/mol. The summed E-state index contributed by atoms with van der Waals surface area (Å²) in [4.78, 5) is 15.6. The Balaban J connectivity index is 2.42. The molecule has 1 rings (SSSR count). The van der Waals surface area contributed by atoms with Gasteiger partial charge >= 0.3 is 0 Å². The smallest absolute Gasteiger partial charge is 0.271 e. The molecule has 5 heteroatoms. The van der Waals surface area contributed by atoms with Crippen LogP contribution in [-0.2, 0) is 7.05 Å². The molecule has 0 aliphatic rings. The lowest BCUT2D eigenvalue weighted by molar-refractivity contribution is 0.0933. The van der Waals surface area contributed by atoms with Crippen molar-refractivity contribution < 1.29 is 4.79 Å². The van der Waals surface area contributed by atoms with Crippen molar-refractivity contribution in [3.8, 4) is 0 Å². The molecule has 0 radical (unpaired) electrons. The van der Waals surface area contributed by atoms with Crippen molar-refractivity contribution >= 4 is 5.91 Å². The van der Waals surface area contributed by atoms with Gasteiger partial charge in [0.15, 0.2) is 0 Å². The molecule has 0 aromatic carbocycles. The first-order valence-corrected chi connectivity index (χ1v) is 5.12. The zero-order valence-corrected chi connectivity index (χ0v) is 9.23. The molecule has 0 saturated heterocycles. The Bertz CT molecular complexity index is 321. The number of rotatable bonds is 5. The van der Waals surface area contributed by atoms with E-state index in [9.17, 15) is 4.79 Å². The van der Waals surface area contributed by atoms with Gasteiger partial charge in [-0.2, -0.15) is 0 Å². The van der Waals surface area contributed by atoms with E-state index in [1.165, 1.54) is 0 Å². The van der Waals surface area contributed by atoms with Crippen LogP contribution in [0.5, 0.6) is 0 Å². The number of carbonyl (C=O) groups is 1. The lowest BCUT2D eigenvalue weighted by Crippen LogP contribution is -2.33. The van der Waals surface area contributed by atoms with Gasteiger partial charge in [-0.3, -0.25) is 4.79 Å². The van der Waals surface area contributed by atoms with Crippen molar-refractivity contribution in [2.45, 2.75) is 25.8 Å². The third kappa shape index (κ3) is 3.71. The van der Waals surface area contributed by atoms with Gasteiger partial charge in [0, 0.05) is 19.3 Å². The van der Waals surface area contributed by atoms with Crippen molar-refractivity contribution in [3.05, 3.63) is 18.2 Å². The van der Waals surface area contributed by atoms with Crippen LogP contribution >= 0.6 is 0 Å². The van der Waals surface area contributed by atoms with Gasteiger partial charge in [-0.1, -0.05) is 0 Å². The highest BCUT2D eigenvalue weighted by Crippen LogP contribution is 1.98. The second-order valence-electron chi connectivity index (χ2n) is 3.73. The first-order chi connectivity index (χ1) is 7.13. The first kappa shape index (κ1) is 11.7. The Morgan fingerprint density at radius 2 is 2.47 bits per heavy atom. The maximum absolute atomic E-state index is 11.6. The molecule has 1 aromatic rings. The molecule has 1 amide bonds. The summed E-state index contributed by atoms with van der Waals surface area (Å²) in [5, 5.41) is 2.87. The van der Waals surface area contributed by atoms with Crippen molar-refractivity contribution in [1.82, 2.24) is 14.9 Å². The summed E-state index contributed by atoms with van der Waals surface area (Å²) in [6, 6.07) is 0.142. The van der Waals surface area contributed by atoms with Crippen molar-refractivity contribution in [3.63, 3.8) is 0 Å². The SMILES string of the molecule is CC(CCCN)NC(=O)c1cn(C)cn1. The van der Waals surface area contributed by atoms with E-state index in [0.717, 1.165) is 12.8 Å². The molecule has 0 spiro atoms. The second kappa shape index (κ2) is 5.50. The molecule has 3 N–H and O–H groups in total. The standard InChI is InChI=1S/C10H18N4O/c1-8(4-3-5-11)13-10(15)9-6-14(2)7-12-9/h6-8H,3-5,11H2,1-2H3,(H,13,15). The second-order valence-corrected chi connectivity index (χ2v) is 3.73. The molecule has 84 valence electrons. The Morgan fingerprint density at radius 3 is 3.00 bits per heavy atom. The molecule has 0 saturated carbocycles. The van der Waals surface area contributed by atoms with Crippen LogP contribution in [0.25, 0.3) is 0 Å². The number of amides is 1. The minimum atomic E-state index is -0.125. The fourth-order valence-electron chi connectivity index (χ4n) is 1.32. The average Bonchev–Trinajstić information content (AvgIpc) is 2.61. The van der Waals surface area contributed by atoms with E-state index in [0.29, 0.717) is 12.2 Å². The number of hydrogen-bond acceptors (Lipinski definition) is 3. The largest absolute Gasteiger partial charge is 0.348 e. The number of imidazole rings is 1. The maximum Gasteiger partial charge on any atom is 0.271 e. The molecule has 0 aliphatic carbocycles. The van der Waals surface area contributed by atoms with Gasteiger partial charge in [-0.05, 0) is 26.3 Å². The minimum Gasteiger partial charge on any atom is -0.348 e. The first-order valence-electron chi connectivity index (χ1n) is 5.12. The number of hydrogen-bond donors (Lipinski definition) is 2. The van der Waals surface area contributed by atoms with E-state index >= 15 is 0 Å². The summed E-state index contributed by atoms with van der Waals surface area (Å²) in [6.45, 7) is 2.63. The Labute approximate surface area is 89.7 Å². The average molecular weight is 210 g/mol. The Hall–Kier alpha value is -1.36. The van der Waals surface area contributed by atoms with E-state index in [4.69, 9.17) is 5.73 Å². The van der Waals surface area contributed by atoms with Crippen molar-refractivity contribution in [2.24, 2.45) is 12.8 Å². The van der Waals surface area contributed by atoms with Crippen LogP contribution in [-0.4, -0.2) is 28.0 Å². The third-order valence-corrected chi connectivity index (χ3v) is 2.16. The maximum atomic E-state index is 11.6. The van der Waals surface area contributed by atoms with E-state index in [1.807, 2.05) is 14.0 Å². The Kier molecular flexibility index (Phi) is 4.30. The summed E-state index contributed by atoms with van der Waals surface area (Å²) in [5.74, 6) is -0.125. The highest BCUT2D eigenvalue weighted by molar-refractivity contribution is 5.92. The molecule has 0 aliphatic heterocycles. The van der Waals surface area contributed by atoms with Crippen LogP contribution in [0.4, 0.5) is 0 Å². The number of carbonyl (C=O) groups excluding carboxylic acids is 1. The van der Waals surface area contributed by atoms with E-state index in [2.05, 4.69) is 10.3 Å². The highest BCUT2D eigenvalue weighted by Gasteiger charge is 2.11. The van der Waals surface area contributed by atoms with E-state index < -0.39 is 0 Å². The summed E-state index contributed by atoms with van der Waals surface area (Å²) in [5.41, 5.74) is 5.85. The topological polar surface area (TPSA) is 72.9 Å². The van der Waals surface area contributed by atoms with Crippen molar-refractivity contribution in [2.75, 3.05) is 6.54 Å². The molecule has 5 nitrogen and oxygen atoms in total. The highest BCUT2D eigenvalue weighted by atomic mass is 16.1. The van der Waals surface area contributed by atoms with Gasteiger partial charge in [0.2, 0.25) is 0 Å². The molecule has 0 bridgehead atoms. The van der Waals surface area contributed by atoms with Crippen LogP contribution in [0.1, 0.15) is 30.3 Å². The fraction of sp³-hybridized carbons (Fsp3) is 0.600. The predicted octanol–water partition coefficient (Wildman–Crippen LogP) is 0.277. The number of nitrogens with zero attached hydrogens (tertiary/aromatic N) is 2. The third-order valence-electron chi connectivity index (χ3n) is 2.16. The Morgan fingerprint density at radius 1 is 1.73 bits per heavy atom.